The zero-order valence-corrected chi connectivity index (χ0v) is 15.6. The van der Waals surface area contributed by atoms with Gasteiger partial charge in [0.2, 0.25) is 5.95 Å². The summed E-state index contributed by atoms with van der Waals surface area (Å²) in [4.78, 5) is 23.4. The maximum Gasteiger partial charge on any atom is 0.277 e. The molecule has 0 spiro atoms. The van der Waals surface area contributed by atoms with Gasteiger partial charge in [-0.2, -0.15) is 0 Å². The summed E-state index contributed by atoms with van der Waals surface area (Å²) in [6.45, 7) is 2.51. The Morgan fingerprint density at radius 3 is 2.82 bits per heavy atom. The number of nitrogens with one attached hydrogen (secondary N) is 1. The van der Waals surface area contributed by atoms with Gasteiger partial charge in [-0.05, 0) is 49.1 Å². The largest absolute Gasteiger partial charge is 0.354 e. The highest BCUT2D eigenvalue weighted by Gasteiger charge is 2.31. The van der Waals surface area contributed by atoms with Crippen molar-refractivity contribution in [1.29, 1.82) is 0 Å². The summed E-state index contributed by atoms with van der Waals surface area (Å²) >= 11 is 0. The highest BCUT2D eigenvalue weighted by molar-refractivity contribution is 6.06. The molecule has 4 rings (SSSR count). The van der Waals surface area contributed by atoms with E-state index in [-0.39, 0.29) is 17.8 Å². The maximum atomic E-state index is 13.7. The average Bonchev–Trinajstić information content (AvgIpc) is 3.05. The van der Waals surface area contributed by atoms with E-state index in [1.165, 1.54) is 11.6 Å². The Morgan fingerprint density at radius 1 is 1.18 bits per heavy atom. The number of hydrogen-bond donors (Lipinski definition) is 1. The van der Waals surface area contributed by atoms with Crippen LogP contribution in [0.5, 0.6) is 0 Å². The molecule has 0 fully saturated rings. The summed E-state index contributed by atoms with van der Waals surface area (Å²) in [6, 6.07) is 16.3. The van der Waals surface area contributed by atoms with Crippen LogP contribution in [0.2, 0.25) is 0 Å². The first-order valence-corrected chi connectivity index (χ1v) is 9.35. The normalized spacial score (nSPS) is 15.4. The molecular formula is C22H21FN4O. The van der Waals surface area contributed by atoms with Crippen LogP contribution in [0.25, 0.3) is 0 Å². The Balaban J connectivity index is 1.46. The Kier molecular flexibility index (Phi) is 5.02. The number of anilines is 2. The SMILES string of the molecule is CC1Cc2ccccc2N1C(=O)c1ccnc(NCCc2ccccc2F)n1. The zero-order valence-electron chi connectivity index (χ0n) is 15.6. The van der Waals surface area contributed by atoms with Crippen molar-refractivity contribution in [3.63, 3.8) is 0 Å². The van der Waals surface area contributed by atoms with Crippen molar-refractivity contribution in [1.82, 2.24) is 9.97 Å². The highest BCUT2D eigenvalue weighted by atomic mass is 19.1. The number of aromatic nitrogens is 2. The number of para-hydroxylation sites is 1. The van der Waals surface area contributed by atoms with Crippen molar-refractivity contribution < 1.29 is 9.18 Å². The second-order valence-electron chi connectivity index (χ2n) is 6.89. The van der Waals surface area contributed by atoms with Gasteiger partial charge in [0.25, 0.3) is 5.91 Å². The molecule has 1 amide bonds. The lowest BCUT2D eigenvalue weighted by molar-refractivity contribution is 0.0976. The lowest BCUT2D eigenvalue weighted by atomic mass is 10.1. The number of benzene rings is 2. The van der Waals surface area contributed by atoms with E-state index >= 15 is 0 Å². The molecule has 0 saturated heterocycles. The van der Waals surface area contributed by atoms with Crippen LogP contribution in [0, 0.1) is 5.82 Å². The van der Waals surface area contributed by atoms with Crippen LogP contribution in [-0.2, 0) is 12.8 Å². The molecule has 142 valence electrons. The molecule has 0 saturated carbocycles. The number of hydrogen-bond acceptors (Lipinski definition) is 4. The first kappa shape index (κ1) is 18.1. The summed E-state index contributed by atoms with van der Waals surface area (Å²) in [5.74, 6) is -0.00448. The molecule has 1 aromatic heterocycles. The van der Waals surface area contributed by atoms with Crippen molar-refractivity contribution in [3.05, 3.63) is 83.4 Å². The van der Waals surface area contributed by atoms with E-state index in [9.17, 15) is 9.18 Å². The number of amides is 1. The van der Waals surface area contributed by atoms with E-state index in [1.54, 1.807) is 29.3 Å². The number of rotatable bonds is 5. The molecule has 0 bridgehead atoms. The molecule has 0 aliphatic carbocycles. The maximum absolute atomic E-state index is 13.7. The third kappa shape index (κ3) is 3.58. The smallest absolute Gasteiger partial charge is 0.277 e. The second kappa shape index (κ2) is 7.76. The third-order valence-corrected chi connectivity index (χ3v) is 4.94. The Labute approximate surface area is 163 Å². The van der Waals surface area contributed by atoms with Crippen LogP contribution < -0.4 is 10.2 Å². The first-order valence-electron chi connectivity index (χ1n) is 9.35. The summed E-state index contributed by atoms with van der Waals surface area (Å²) in [5, 5.41) is 3.08. The van der Waals surface area contributed by atoms with Crippen LogP contribution in [0.4, 0.5) is 16.0 Å². The van der Waals surface area contributed by atoms with Crippen molar-refractivity contribution in [3.8, 4) is 0 Å². The lowest BCUT2D eigenvalue weighted by Gasteiger charge is -2.22. The monoisotopic (exact) mass is 376 g/mol. The molecule has 1 N–H and O–H groups in total. The fourth-order valence-electron chi connectivity index (χ4n) is 3.57. The van der Waals surface area contributed by atoms with E-state index in [4.69, 9.17) is 0 Å². The van der Waals surface area contributed by atoms with E-state index in [0.717, 1.165) is 12.1 Å². The summed E-state index contributed by atoms with van der Waals surface area (Å²) in [7, 11) is 0. The summed E-state index contributed by atoms with van der Waals surface area (Å²) in [5.41, 5.74) is 3.07. The van der Waals surface area contributed by atoms with Gasteiger partial charge in [0, 0.05) is 24.5 Å². The van der Waals surface area contributed by atoms with Gasteiger partial charge in [0.15, 0.2) is 0 Å². The molecule has 6 heteroatoms. The zero-order chi connectivity index (χ0) is 19.5. The number of carbonyl (C=O) groups excluding carboxylic acids is 1. The molecule has 5 nitrogen and oxygen atoms in total. The van der Waals surface area contributed by atoms with E-state index in [0.29, 0.717) is 30.2 Å². The number of nitrogens with zero attached hydrogens (tertiary/aromatic N) is 3. The molecule has 1 atom stereocenters. The number of fused-ring (bicyclic) bond motifs is 1. The Morgan fingerprint density at radius 2 is 1.96 bits per heavy atom. The molecule has 2 heterocycles. The van der Waals surface area contributed by atoms with Gasteiger partial charge in [-0.25, -0.2) is 14.4 Å². The molecule has 1 aliphatic rings. The Hall–Kier alpha value is -3.28. The predicted octanol–water partition coefficient (Wildman–Crippen LogP) is 3.86. The van der Waals surface area contributed by atoms with Crippen LogP contribution in [0.3, 0.4) is 0 Å². The predicted molar refractivity (Wildman–Crippen MR) is 107 cm³/mol. The van der Waals surface area contributed by atoms with E-state index in [2.05, 4.69) is 21.4 Å². The average molecular weight is 376 g/mol. The fourth-order valence-corrected chi connectivity index (χ4v) is 3.57. The van der Waals surface area contributed by atoms with Gasteiger partial charge >= 0.3 is 0 Å². The van der Waals surface area contributed by atoms with Crippen molar-refractivity contribution in [2.75, 3.05) is 16.8 Å². The number of carbonyl (C=O) groups is 1. The van der Waals surface area contributed by atoms with Gasteiger partial charge in [-0.3, -0.25) is 4.79 Å². The lowest BCUT2D eigenvalue weighted by Crippen LogP contribution is -2.36. The molecule has 3 aromatic rings. The minimum absolute atomic E-state index is 0.0809. The van der Waals surface area contributed by atoms with Crippen molar-refractivity contribution in [2.45, 2.75) is 25.8 Å². The molecule has 28 heavy (non-hydrogen) atoms. The van der Waals surface area contributed by atoms with Crippen molar-refractivity contribution in [2.24, 2.45) is 0 Å². The molecular weight excluding hydrogens is 355 g/mol. The Bertz CT molecular complexity index is 1010. The minimum atomic E-state index is -0.226. The van der Waals surface area contributed by atoms with Gasteiger partial charge < -0.3 is 10.2 Å². The van der Waals surface area contributed by atoms with Gasteiger partial charge in [0.05, 0.1) is 0 Å². The summed E-state index contributed by atoms with van der Waals surface area (Å²) in [6.07, 6.45) is 2.91. The van der Waals surface area contributed by atoms with Gasteiger partial charge in [-0.1, -0.05) is 36.4 Å². The van der Waals surface area contributed by atoms with Crippen molar-refractivity contribution >= 4 is 17.5 Å². The molecule has 1 unspecified atom stereocenters. The van der Waals surface area contributed by atoms with Crippen LogP contribution in [-0.4, -0.2) is 28.5 Å². The van der Waals surface area contributed by atoms with E-state index in [1.807, 2.05) is 31.2 Å². The second-order valence-corrected chi connectivity index (χ2v) is 6.89. The molecule has 1 aliphatic heterocycles. The van der Waals surface area contributed by atoms with Crippen LogP contribution in [0.1, 0.15) is 28.5 Å². The quantitative estimate of drug-likeness (QED) is 0.735. The summed E-state index contributed by atoms with van der Waals surface area (Å²) < 4.78 is 13.7. The molecule has 2 aromatic carbocycles. The number of halogens is 1. The third-order valence-electron chi connectivity index (χ3n) is 4.94. The van der Waals surface area contributed by atoms with E-state index < -0.39 is 0 Å². The van der Waals surface area contributed by atoms with Crippen LogP contribution in [0.15, 0.2) is 60.8 Å². The first-order chi connectivity index (χ1) is 13.6. The highest BCUT2D eigenvalue weighted by Crippen LogP contribution is 2.32. The fraction of sp³-hybridized carbons (Fsp3) is 0.227. The molecule has 0 radical (unpaired) electrons. The van der Waals surface area contributed by atoms with Crippen LogP contribution >= 0.6 is 0 Å². The van der Waals surface area contributed by atoms with Gasteiger partial charge in [0.1, 0.15) is 11.5 Å². The van der Waals surface area contributed by atoms with Gasteiger partial charge in [-0.15, -0.1) is 0 Å². The minimum Gasteiger partial charge on any atom is -0.354 e. The topological polar surface area (TPSA) is 58.1 Å². The standard InChI is InChI=1S/C22H21FN4O/c1-15-14-17-7-3-5-9-20(17)27(15)21(28)19-11-13-25-22(26-19)24-12-10-16-6-2-4-8-18(16)23/h2-9,11,13,15H,10,12,14H2,1H3,(H,24,25,26).